The van der Waals surface area contributed by atoms with E-state index >= 15 is 0 Å². The van der Waals surface area contributed by atoms with Gasteiger partial charge in [-0.05, 0) is 104 Å². The summed E-state index contributed by atoms with van der Waals surface area (Å²) in [6.45, 7) is 15.1. The Morgan fingerprint density at radius 1 is 0.909 bits per heavy atom. The zero-order valence-corrected chi connectivity index (χ0v) is 35.2. The van der Waals surface area contributed by atoms with E-state index in [0.29, 0.717) is 32.3 Å². The number of nitrogens with one attached hydrogen (secondary N) is 1. The molecule has 1 aromatic carbocycles. The molecular weight excluding hydrogens is 706 g/mol. The van der Waals surface area contributed by atoms with E-state index in [0.717, 1.165) is 31.5 Å². The summed E-state index contributed by atoms with van der Waals surface area (Å²) < 4.78 is 23.2. The van der Waals surface area contributed by atoms with Gasteiger partial charge in [-0.25, -0.2) is 9.59 Å². The number of benzene rings is 1. The first-order valence-electron chi connectivity index (χ1n) is 19.6. The van der Waals surface area contributed by atoms with Gasteiger partial charge in [0.1, 0.15) is 18.7 Å². The van der Waals surface area contributed by atoms with E-state index in [1.165, 1.54) is 7.11 Å². The SMILES string of the molecule is CN(C)C[C@H]1CN[C@H](C(=O)O)[C@]1(C)CCCB(O)O.COC(=O)[C@H]1N(C(=O)OCc2ccccc2)C[C@H](CN(C)C)[C@@]1(C)CCCB1OC(C)(C)C(C)(C)O1. The lowest BCUT2D eigenvalue weighted by Gasteiger charge is -2.37. The van der Waals surface area contributed by atoms with E-state index < -0.39 is 42.6 Å². The minimum atomic E-state index is -1.31. The topological polar surface area (TPSA) is 171 Å². The number of hydrogen-bond acceptors (Lipinski definition) is 12. The van der Waals surface area contributed by atoms with Crippen LogP contribution in [0.2, 0.25) is 12.6 Å². The standard InChI is InChI=1S/C27H43BN2O6.C12H25BN2O4/c1-25(2)26(3,4)36-28(35-25)16-12-15-27(5)21(17-29(6)7)18-30(22(27)23(31)33-8)24(32)34-19-20-13-10-9-11-14-20;1-12(5-4-6-13(18)19)9(8-15(2)3)7-14-10(12)11(16)17/h9-11,13-14,21-22H,12,15-19H2,1-8H3;9-10,14,18-19H,4-8H2,1-3H3,(H,16,17)/t21-,22+,27+;9-,10-,12-/m01/s1. The summed E-state index contributed by atoms with van der Waals surface area (Å²) in [7, 11) is 7.74. The number of nitrogens with zero attached hydrogens (tertiary/aromatic N) is 3. The molecule has 0 radical (unpaired) electrons. The Hall–Kier alpha value is -2.72. The van der Waals surface area contributed by atoms with Crippen LogP contribution in [-0.2, 0) is 35.0 Å². The molecule has 0 spiro atoms. The van der Waals surface area contributed by atoms with Gasteiger partial charge in [-0.2, -0.15) is 0 Å². The Labute approximate surface area is 329 Å². The molecule has 1 aromatic rings. The fourth-order valence-corrected chi connectivity index (χ4v) is 8.46. The van der Waals surface area contributed by atoms with Crippen LogP contribution in [0.25, 0.3) is 0 Å². The molecule has 4 N–H and O–H groups in total. The minimum absolute atomic E-state index is 0.0687. The van der Waals surface area contributed by atoms with Gasteiger partial charge in [-0.3, -0.25) is 9.69 Å². The van der Waals surface area contributed by atoms with Crippen molar-refractivity contribution in [3.05, 3.63) is 35.9 Å². The molecule has 3 saturated heterocycles. The number of likely N-dealkylation sites (tertiary alicyclic amines) is 1. The lowest BCUT2D eigenvalue weighted by molar-refractivity contribution is -0.149. The number of carboxylic acids is 1. The molecule has 310 valence electrons. The Morgan fingerprint density at radius 3 is 2.00 bits per heavy atom. The molecule has 3 heterocycles. The summed E-state index contributed by atoms with van der Waals surface area (Å²) in [5.41, 5.74) is -0.709. The van der Waals surface area contributed by atoms with Crippen molar-refractivity contribution in [3.63, 3.8) is 0 Å². The van der Waals surface area contributed by atoms with Crippen LogP contribution in [0.15, 0.2) is 30.3 Å². The first-order valence-corrected chi connectivity index (χ1v) is 19.6. The maximum atomic E-state index is 13.2. The van der Waals surface area contributed by atoms with Crippen molar-refractivity contribution < 1.29 is 48.3 Å². The van der Waals surface area contributed by atoms with E-state index in [9.17, 15) is 19.5 Å². The van der Waals surface area contributed by atoms with E-state index in [-0.39, 0.29) is 48.5 Å². The lowest BCUT2D eigenvalue weighted by atomic mass is 9.69. The van der Waals surface area contributed by atoms with Gasteiger partial charge >= 0.3 is 32.3 Å². The van der Waals surface area contributed by atoms with E-state index in [2.05, 4.69) is 22.0 Å². The van der Waals surface area contributed by atoms with Gasteiger partial charge in [0.2, 0.25) is 0 Å². The van der Waals surface area contributed by atoms with Crippen LogP contribution in [0.5, 0.6) is 0 Å². The molecule has 16 heteroatoms. The molecular formula is C39H68B2N4O10. The number of esters is 1. The molecule has 3 fully saturated rings. The van der Waals surface area contributed by atoms with Gasteiger partial charge in [0.25, 0.3) is 0 Å². The van der Waals surface area contributed by atoms with Crippen LogP contribution in [-0.4, -0.2) is 147 Å². The second kappa shape index (κ2) is 19.6. The smallest absolute Gasteiger partial charge is 0.457 e. The monoisotopic (exact) mass is 775 g/mol. The summed E-state index contributed by atoms with van der Waals surface area (Å²) in [6, 6.07) is 8.25. The molecule has 4 rings (SSSR count). The summed E-state index contributed by atoms with van der Waals surface area (Å²) in [5, 5.41) is 30.2. The van der Waals surface area contributed by atoms with Crippen molar-refractivity contribution in [2.24, 2.45) is 22.7 Å². The van der Waals surface area contributed by atoms with E-state index in [4.69, 9.17) is 28.8 Å². The van der Waals surface area contributed by atoms with Gasteiger partial charge in [-0.1, -0.05) is 57.0 Å². The third kappa shape index (κ3) is 11.9. The highest BCUT2D eigenvalue weighted by Gasteiger charge is 2.57. The molecule has 1 amide bonds. The number of carbonyl (C=O) groups is 3. The number of carbonyl (C=O) groups excluding carboxylic acids is 2. The van der Waals surface area contributed by atoms with Crippen molar-refractivity contribution >= 4 is 32.3 Å². The first-order chi connectivity index (χ1) is 25.6. The van der Waals surface area contributed by atoms with Crippen LogP contribution < -0.4 is 5.32 Å². The van der Waals surface area contributed by atoms with Gasteiger partial charge < -0.3 is 49.1 Å². The molecule has 14 nitrogen and oxygen atoms in total. The average Bonchev–Trinajstić information content (AvgIpc) is 3.63. The zero-order valence-electron chi connectivity index (χ0n) is 35.2. The van der Waals surface area contributed by atoms with Gasteiger partial charge in [0, 0.05) is 31.6 Å². The quantitative estimate of drug-likeness (QED) is 0.142. The van der Waals surface area contributed by atoms with Crippen LogP contribution in [0.1, 0.15) is 72.8 Å². The fourth-order valence-electron chi connectivity index (χ4n) is 8.46. The fraction of sp³-hybridized carbons (Fsp3) is 0.769. The largest absolute Gasteiger partial charge is 0.480 e. The van der Waals surface area contributed by atoms with Crippen molar-refractivity contribution in [3.8, 4) is 0 Å². The third-order valence-corrected chi connectivity index (χ3v) is 12.4. The second-order valence-electron chi connectivity index (χ2n) is 17.7. The summed E-state index contributed by atoms with van der Waals surface area (Å²) in [6.07, 6.45) is 3.30. The molecule has 0 saturated carbocycles. The second-order valence-corrected chi connectivity index (χ2v) is 17.7. The van der Waals surface area contributed by atoms with Crippen LogP contribution in [0.4, 0.5) is 4.79 Å². The summed E-state index contributed by atoms with van der Waals surface area (Å²) in [5.74, 6) is -0.919. The number of hydrogen-bond donors (Lipinski definition) is 4. The van der Waals surface area contributed by atoms with Crippen molar-refractivity contribution in [1.29, 1.82) is 0 Å². The third-order valence-electron chi connectivity index (χ3n) is 12.4. The molecule has 0 aromatic heterocycles. The molecule has 0 aliphatic carbocycles. The van der Waals surface area contributed by atoms with Gasteiger partial charge in [0.15, 0.2) is 0 Å². The molecule has 55 heavy (non-hydrogen) atoms. The first kappa shape index (κ1) is 46.7. The highest BCUT2D eigenvalue weighted by Crippen LogP contribution is 2.47. The number of carboxylic acid groups (broad SMARTS) is 1. The number of methoxy groups -OCH3 is 1. The molecule has 6 atom stereocenters. The molecule has 0 bridgehead atoms. The maximum Gasteiger partial charge on any atom is 0.457 e. The van der Waals surface area contributed by atoms with Gasteiger partial charge in [-0.15, -0.1) is 0 Å². The summed E-state index contributed by atoms with van der Waals surface area (Å²) >= 11 is 0. The Balaban J connectivity index is 0.000000360. The molecule has 3 aliphatic rings. The van der Waals surface area contributed by atoms with E-state index in [1.54, 1.807) is 4.90 Å². The number of aliphatic carboxylic acids is 1. The van der Waals surface area contributed by atoms with Crippen LogP contribution >= 0.6 is 0 Å². The van der Waals surface area contributed by atoms with Crippen LogP contribution in [0.3, 0.4) is 0 Å². The zero-order chi connectivity index (χ0) is 41.4. The molecule has 0 unspecified atom stereocenters. The predicted octanol–water partition coefficient (Wildman–Crippen LogP) is 3.72. The Bertz CT molecular complexity index is 1390. The predicted molar refractivity (Wildman–Crippen MR) is 213 cm³/mol. The normalized spacial score (nSPS) is 28.3. The number of ether oxygens (including phenoxy) is 2. The van der Waals surface area contributed by atoms with Crippen molar-refractivity contribution in [1.82, 2.24) is 20.0 Å². The van der Waals surface area contributed by atoms with Crippen molar-refractivity contribution in [2.45, 2.75) is 110 Å². The average molecular weight is 775 g/mol. The highest BCUT2D eigenvalue weighted by atomic mass is 16.7. The van der Waals surface area contributed by atoms with Crippen LogP contribution in [0, 0.1) is 22.7 Å². The Kier molecular flexibility index (Phi) is 16.6. The lowest BCUT2D eigenvalue weighted by Crippen LogP contribution is -2.49. The number of amides is 1. The summed E-state index contributed by atoms with van der Waals surface area (Å²) in [4.78, 5) is 43.4. The molecule has 3 aliphatic heterocycles. The van der Waals surface area contributed by atoms with E-state index in [1.807, 2.05) is 93.1 Å². The van der Waals surface area contributed by atoms with Crippen molar-refractivity contribution in [2.75, 3.05) is 61.5 Å². The Morgan fingerprint density at radius 2 is 1.47 bits per heavy atom. The minimum Gasteiger partial charge on any atom is -0.480 e. The van der Waals surface area contributed by atoms with Gasteiger partial charge in [0.05, 0.1) is 18.3 Å². The number of rotatable bonds is 16. The highest BCUT2D eigenvalue weighted by molar-refractivity contribution is 6.45. The maximum absolute atomic E-state index is 13.2.